The maximum absolute atomic E-state index is 13.3. The van der Waals surface area contributed by atoms with E-state index in [0.717, 1.165) is 38.0 Å². The third kappa shape index (κ3) is 5.97. The number of fused-ring (bicyclic) bond motifs is 1. The summed E-state index contributed by atoms with van der Waals surface area (Å²) in [6.45, 7) is 2.33. The van der Waals surface area contributed by atoms with Crippen molar-refractivity contribution in [1.29, 1.82) is 0 Å². The predicted octanol–water partition coefficient (Wildman–Crippen LogP) is 4.11. The number of anilines is 1. The monoisotopic (exact) mass is 581 g/mol. The summed E-state index contributed by atoms with van der Waals surface area (Å²) in [6.07, 6.45) is 7.91. The molecule has 2 aliphatic heterocycles. The lowest BCUT2D eigenvalue weighted by atomic mass is 9.76. The van der Waals surface area contributed by atoms with Gasteiger partial charge in [0.05, 0.1) is 13.2 Å². The lowest BCUT2D eigenvalue weighted by Gasteiger charge is -2.43. The Labute approximate surface area is 248 Å². The highest BCUT2D eigenvalue weighted by molar-refractivity contribution is 5.93. The molecule has 3 aromatic rings. The average Bonchev–Trinajstić information content (AvgIpc) is 3.27. The van der Waals surface area contributed by atoms with Crippen molar-refractivity contribution in [1.82, 2.24) is 20.5 Å². The molecular formula is C31H37Cl2N5O2. The number of hydrogen-bond donors (Lipinski definition) is 2. The van der Waals surface area contributed by atoms with Gasteiger partial charge < -0.3 is 15.5 Å². The van der Waals surface area contributed by atoms with Crippen LogP contribution in [0.5, 0.6) is 0 Å². The SMILES string of the molecule is Cl.Cl.O=C(CN1CCC2(CC1)C(=O)NCN2c1ccccc1)NC1CCc2ccccc2C1Cc1cccnc1. The van der Waals surface area contributed by atoms with Crippen molar-refractivity contribution in [2.24, 2.45) is 0 Å². The molecule has 3 aliphatic rings. The number of aryl methyl sites for hydroxylation is 1. The van der Waals surface area contributed by atoms with Gasteiger partial charge in [0.2, 0.25) is 11.8 Å². The van der Waals surface area contributed by atoms with Crippen LogP contribution in [-0.4, -0.2) is 59.6 Å². The fourth-order valence-electron chi connectivity index (χ4n) is 6.62. The summed E-state index contributed by atoms with van der Waals surface area (Å²) in [6, 6.07) is 22.9. The fourth-order valence-corrected chi connectivity index (χ4v) is 6.62. The smallest absolute Gasteiger partial charge is 0.247 e. The number of nitrogens with one attached hydrogen (secondary N) is 2. The average molecular weight is 583 g/mol. The van der Waals surface area contributed by atoms with Crippen LogP contribution in [0.4, 0.5) is 5.69 Å². The molecule has 0 bridgehead atoms. The Morgan fingerprint density at radius 3 is 2.50 bits per heavy atom. The van der Waals surface area contributed by atoms with Gasteiger partial charge in [-0.3, -0.25) is 19.5 Å². The summed E-state index contributed by atoms with van der Waals surface area (Å²) >= 11 is 0. The summed E-state index contributed by atoms with van der Waals surface area (Å²) in [5, 5.41) is 6.45. The van der Waals surface area contributed by atoms with E-state index in [-0.39, 0.29) is 48.6 Å². The topological polar surface area (TPSA) is 77.6 Å². The summed E-state index contributed by atoms with van der Waals surface area (Å²) < 4.78 is 0. The Kier molecular flexibility index (Phi) is 9.72. The molecule has 6 rings (SSSR count). The fraction of sp³-hybridized carbons (Fsp3) is 0.387. The molecule has 40 heavy (non-hydrogen) atoms. The van der Waals surface area contributed by atoms with E-state index in [4.69, 9.17) is 0 Å². The van der Waals surface area contributed by atoms with Crippen molar-refractivity contribution < 1.29 is 9.59 Å². The number of carbonyl (C=O) groups is 2. The van der Waals surface area contributed by atoms with Gasteiger partial charge in [0.25, 0.3) is 0 Å². The molecule has 2 fully saturated rings. The molecule has 7 nitrogen and oxygen atoms in total. The van der Waals surface area contributed by atoms with E-state index in [1.54, 1.807) is 6.20 Å². The van der Waals surface area contributed by atoms with Crippen molar-refractivity contribution in [2.75, 3.05) is 31.2 Å². The van der Waals surface area contributed by atoms with Gasteiger partial charge in [-0.05, 0) is 67.0 Å². The minimum Gasteiger partial charge on any atom is -0.352 e. The number of piperidine rings is 1. The van der Waals surface area contributed by atoms with Crippen LogP contribution in [0.3, 0.4) is 0 Å². The summed E-state index contributed by atoms with van der Waals surface area (Å²) in [7, 11) is 0. The standard InChI is InChI=1S/C31H35N5O2.2ClH/c37-29(21-35-17-14-31(15-18-35)30(38)33-22-36(31)25-9-2-1-3-10-25)34-28-13-12-24-8-4-5-11-26(24)27(28)19-23-7-6-16-32-20-23;;/h1-11,16,20,27-28H,12-15,17-19,21-22H2,(H,33,38)(H,34,37);2*1H. The van der Waals surface area contributed by atoms with Crippen molar-refractivity contribution in [3.8, 4) is 0 Å². The molecule has 1 aromatic heterocycles. The molecule has 2 saturated heterocycles. The third-order valence-corrected chi connectivity index (χ3v) is 8.65. The van der Waals surface area contributed by atoms with Crippen LogP contribution in [0.1, 0.15) is 41.9 Å². The maximum Gasteiger partial charge on any atom is 0.247 e. The number of likely N-dealkylation sites (tertiary alicyclic amines) is 1. The van der Waals surface area contributed by atoms with E-state index in [1.807, 2.05) is 30.5 Å². The van der Waals surface area contributed by atoms with Gasteiger partial charge in [0.1, 0.15) is 5.54 Å². The van der Waals surface area contributed by atoms with Crippen LogP contribution >= 0.6 is 24.8 Å². The zero-order chi connectivity index (χ0) is 26.0. The first kappa shape index (κ1) is 29.8. The van der Waals surface area contributed by atoms with Gasteiger partial charge in [-0.25, -0.2) is 0 Å². The first-order chi connectivity index (χ1) is 18.6. The molecule has 2 amide bonds. The van der Waals surface area contributed by atoms with Crippen LogP contribution in [0.2, 0.25) is 0 Å². The second kappa shape index (κ2) is 13.0. The maximum atomic E-state index is 13.3. The van der Waals surface area contributed by atoms with Gasteiger partial charge in [-0.2, -0.15) is 0 Å². The Bertz CT molecular complexity index is 1290. The number of halogens is 2. The summed E-state index contributed by atoms with van der Waals surface area (Å²) in [5.74, 6) is 0.390. The van der Waals surface area contributed by atoms with Crippen LogP contribution in [0.15, 0.2) is 79.1 Å². The predicted molar refractivity (Wildman–Crippen MR) is 162 cm³/mol. The van der Waals surface area contributed by atoms with Gasteiger partial charge in [0.15, 0.2) is 0 Å². The van der Waals surface area contributed by atoms with Crippen molar-refractivity contribution in [3.63, 3.8) is 0 Å². The third-order valence-electron chi connectivity index (χ3n) is 8.65. The molecule has 1 aliphatic carbocycles. The van der Waals surface area contributed by atoms with E-state index >= 15 is 0 Å². The number of pyridine rings is 1. The molecule has 9 heteroatoms. The van der Waals surface area contributed by atoms with Crippen molar-refractivity contribution in [3.05, 3.63) is 95.8 Å². The molecule has 3 heterocycles. The zero-order valence-corrected chi connectivity index (χ0v) is 24.1. The van der Waals surface area contributed by atoms with E-state index < -0.39 is 5.54 Å². The molecule has 1 spiro atoms. The molecule has 2 atom stereocenters. The zero-order valence-electron chi connectivity index (χ0n) is 22.5. The Morgan fingerprint density at radius 2 is 1.75 bits per heavy atom. The highest BCUT2D eigenvalue weighted by Gasteiger charge is 2.50. The molecule has 212 valence electrons. The van der Waals surface area contributed by atoms with E-state index in [1.165, 1.54) is 16.7 Å². The quantitative estimate of drug-likeness (QED) is 0.458. The highest BCUT2D eigenvalue weighted by Crippen LogP contribution is 2.37. The Morgan fingerprint density at radius 1 is 1.00 bits per heavy atom. The number of hydrogen-bond acceptors (Lipinski definition) is 5. The molecule has 0 saturated carbocycles. The number of aromatic nitrogens is 1. The normalized spacial score (nSPS) is 21.5. The number of carbonyl (C=O) groups excluding carboxylic acids is 2. The summed E-state index contributed by atoms with van der Waals surface area (Å²) in [4.78, 5) is 35.0. The summed E-state index contributed by atoms with van der Waals surface area (Å²) in [5.41, 5.74) is 4.44. The van der Waals surface area contributed by atoms with Crippen LogP contribution < -0.4 is 15.5 Å². The second-order valence-corrected chi connectivity index (χ2v) is 10.8. The van der Waals surface area contributed by atoms with Crippen LogP contribution in [0.25, 0.3) is 0 Å². The van der Waals surface area contributed by atoms with Crippen molar-refractivity contribution >= 4 is 42.3 Å². The number of amides is 2. The molecule has 2 aromatic carbocycles. The number of para-hydroxylation sites is 1. The number of rotatable bonds is 6. The van der Waals surface area contributed by atoms with Gasteiger partial charge >= 0.3 is 0 Å². The highest BCUT2D eigenvalue weighted by atomic mass is 35.5. The first-order valence-electron chi connectivity index (χ1n) is 13.7. The first-order valence-corrected chi connectivity index (χ1v) is 13.7. The molecule has 0 radical (unpaired) electrons. The minimum absolute atomic E-state index is 0. The molecular weight excluding hydrogens is 545 g/mol. The van der Waals surface area contributed by atoms with Crippen molar-refractivity contribution in [2.45, 2.75) is 49.6 Å². The van der Waals surface area contributed by atoms with E-state index in [9.17, 15) is 9.59 Å². The van der Waals surface area contributed by atoms with Crippen LogP contribution in [-0.2, 0) is 22.4 Å². The lowest BCUT2D eigenvalue weighted by molar-refractivity contribution is -0.126. The van der Waals surface area contributed by atoms with Gasteiger partial charge in [-0.15, -0.1) is 24.8 Å². The largest absolute Gasteiger partial charge is 0.352 e. The van der Waals surface area contributed by atoms with Gasteiger partial charge in [-0.1, -0.05) is 48.5 Å². The van der Waals surface area contributed by atoms with Crippen LogP contribution in [0, 0.1) is 0 Å². The Balaban J connectivity index is 0.00000185. The molecule has 2 unspecified atom stereocenters. The second-order valence-electron chi connectivity index (χ2n) is 10.8. The van der Waals surface area contributed by atoms with E-state index in [2.05, 4.69) is 67.9 Å². The van der Waals surface area contributed by atoms with E-state index in [0.29, 0.717) is 26.1 Å². The minimum atomic E-state index is -0.532. The Hall–Kier alpha value is -3.13. The lowest BCUT2D eigenvalue weighted by Crippen LogP contribution is -2.57. The van der Waals surface area contributed by atoms with Gasteiger partial charge in [0, 0.05) is 43.1 Å². The number of benzene rings is 2. The molecule has 2 N–H and O–H groups in total. The number of nitrogens with zero attached hydrogens (tertiary/aromatic N) is 3.